The Morgan fingerprint density at radius 1 is 0.871 bits per heavy atom. The SMILES string of the molecule is C=C[C@H](NC(=O)OCc1ccccc1)C(=O)Nc1ccccc1C(=O)c1ccccc1. The van der Waals surface area contributed by atoms with E-state index < -0.39 is 18.0 Å². The molecule has 0 bridgehead atoms. The zero-order valence-corrected chi connectivity index (χ0v) is 16.8. The fourth-order valence-corrected chi connectivity index (χ4v) is 2.87. The van der Waals surface area contributed by atoms with E-state index in [-0.39, 0.29) is 12.4 Å². The third-order valence-corrected chi connectivity index (χ3v) is 4.47. The monoisotopic (exact) mass is 414 g/mol. The van der Waals surface area contributed by atoms with E-state index in [0.29, 0.717) is 16.8 Å². The summed E-state index contributed by atoms with van der Waals surface area (Å²) in [6, 6.07) is 23.6. The van der Waals surface area contributed by atoms with Crippen molar-refractivity contribution in [2.24, 2.45) is 0 Å². The smallest absolute Gasteiger partial charge is 0.408 e. The maximum atomic E-state index is 12.8. The van der Waals surface area contributed by atoms with Crippen LogP contribution in [0.4, 0.5) is 10.5 Å². The molecule has 6 heteroatoms. The summed E-state index contributed by atoms with van der Waals surface area (Å²) in [6.07, 6.45) is 0.540. The van der Waals surface area contributed by atoms with Crippen LogP contribution in [-0.4, -0.2) is 23.8 Å². The van der Waals surface area contributed by atoms with E-state index >= 15 is 0 Å². The lowest BCUT2D eigenvalue weighted by molar-refractivity contribution is -0.117. The van der Waals surface area contributed by atoms with Crippen LogP contribution in [0.5, 0.6) is 0 Å². The third-order valence-electron chi connectivity index (χ3n) is 4.47. The molecule has 0 saturated heterocycles. The Hall–Kier alpha value is -4.19. The molecule has 0 aliphatic carbocycles. The first-order chi connectivity index (χ1) is 15.1. The highest BCUT2D eigenvalue weighted by molar-refractivity contribution is 6.14. The van der Waals surface area contributed by atoms with Crippen molar-refractivity contribution in [1.29, 1.82) is 0 Å². The Labute approximate surface area is 180 Å². The minimum Gasteiger partial charge on any atom is -0.445 e. The second-order valence-corrected chi connectivity index (χ2v) is 6.65. The standard InChI is InChI=1S/C25H22N2O4/c1-2-21(27-25(30)31-17-18-11-5-3-6-12-18)24(29)26-22-16-10-9-15-20(22)23(28)19-13-7-4-8-14-19/h2-16,21H,1,17H2,(H,26,29)(H,27,30)/t21-/m0/s1. The number of carbonyl (C=O) groups is 3. The molecule has 2 amide bonds. The quantitative estimate of drug-likeness (QED) is 0.424. The first-order valence-electron chi connectivity index (χ1n) is 9.68. The normalized spacial score (nSPS) is 11.1. The Morgan fingerprint density at radius 3 is 2.16 bits per heavy atom. The summed E-state index contributed by atoms with van der Waals surface area (Å²) in [5, 5.41) is 5.15. The van der Waals surface area contributed by atoms with E-state index in [2.05, 4.69) is 17.2 Å². The number of rotatable bonds is 8. The first kappa shape index (κ1) is 21.5. The topological polar surface area (TPSA) is 84.5 Å². The predicted molar refractivity (Wildman–Crippen MR) is 119 cm³/mol. The number of nitrogens with one attached hydrogen (secondary N) is 2. The highest BCUT2D eigenvalue weighted by Gasteiger charge is 2.21. The van der Waals surface area contributed by atoms with Gasteiger partial charge in [0.2, 0.25) is 0 Å². The maximum absolute atomic E-state index is 12.8. The second-order valence-electron chi connectivity index (χ2n) is 6.65. The van der Waals surface area contributed by atoms with Gasteiger partial charge in [-0.3, -0.25) is 9.59 Å². The van der Waals surface area contributed by atoms with Gasteiger partial charge < -0.3 is 15.4 Å². The van der Waals surface area contributed by atoms with Crippen molar-refractivity contribution in [1.82, 2.24) is 5.32 Å². The van der Waals surface area contributed by atoms with Crippen LogP contribution in [0.3, 0.4) is 0 Å². The molecule has 0 fully saturated rings. The van der Waals surface area contributed by atoms with Gasteiger partial charge in [-0.25, -0.2) is 4.79 Å². The average molecular weight is 414 g/mol. The highest BCUT2D eigenvalue weighted by Crippen LogP contribution is 2.19. The Bertz CT molecular complexity index is 1070. The largest absolute Gasteiger partial charge is 0.445 e. The summed E-state index contributed by atoms with van der Waals surface area (Å²) in [5.74, 6) is -0.762. The molecule has 0 aliphatic rings. The number of amides is 2. The van der Waals surface area contributed by atoms with Gasteiger partial charge in [0.25, 0.3) is 5.91 Å². The van der Waals surface area contributed by atoms with Gasteiger partial charge in [-0.15, -0.1) is 6.58 Å². The molecule has 0 aliphatic heterocycles. The summed E-state index contributed by atoms with van der Waals surface area (Å²) in [7, 11) is 0. The Kier molecular flexibility index (Phi) is 7.32. The summed E-state index contributed by atoms with van der Waals surface area (Å²) in [6.45, 7) is 3.68. The van der Waals surface area contributed by atoms with Crippen molar-refractivity contribution >= 4 is 23.5 Å². The maximum Gasteiger partial charge on any atom is 0.408 e. The average Bonchev–Trinajstić information content (AvgIpc) is 2.82. The van der Waals surface area contributed by atoms with Crippen molar-refractivity contribution in [3.63, 3.8) is 0 Å². The summed E-state index contributed by atoms with van der Waals surface area (Å²) in [4.78, 5) is 37.6. The molecule has 156 valence electrons. The number of ketones is 1. The van der Waals surface area contributed by atoms with E-state index in [9.17, 15) is 14.4 Å². The lowest BCUT2D eigenvalue weighted by Crippen LogP contribution is -2.42. The van der Waals surface area contributed by atoms with Gasteiger partial charge in [0.1, 0.15) is 12.6 Å². The van der Waals surface area contributed by atoms with Crippen molar-refractivity contribution in [2.45, 2.75) is 12.6 Å². The molecule has 2 N–H and O–H groups in total. The van der Waals surface area contributed by atoms with Crippen molar-refractivity contribution in [3.8, 4) is 0 Å². The molecular weight excluding hydrogens is 392 g/mol. The lowest BCUT2D eigenvalue weighted by atomic mass is 10.0. The number of anilines is 1. The summed E-state index contributed by atoms with van der Waals surface area (Å²) in [5.41, 5.74) is 2.02. The van der Waals surface area contributed by atoms with Gasteiger partial charge in [0.15, 0.2) is 5.78 Å². The van der Waals surface area contributed by atoms with Crippen LogP contribution in [0, 0.1) is 0 Å². The molecule has 0 saturated carbocycles. The molecule has 0 unspecified atom stereocenters. The zero-order valence-electron chi connectivity index (χ0n) is 16.8. The molecule has 0 heterocycles. The Balaban J connectivity index is 1.65. The van der Waals surface area contributed by atoms with Gasteiger partial charge in [-0.1, -0.05) is 78.9 Å². The first-order valence-corrected chi connectivity index (χ1v) is 9.68. The summed E-state index contributed by atoms with van der Waals surface area (Å²) < 4.78 is 5.15. The number of benzene rings is 3. The molecule has 1 atom stereocenters. The lowest BCUT2D eigenvalue weighted by Gasteiger charge is -2.16. The van der Waals surface area contributed by atoms with Crippen molar-refractivity contribution in [3.05, 3.63) is 114 Å². The summed E-state index contributed by atoms with van der Waals surface area (Å²) >= 11 is 0. The molecule has 0 radical (unpaired) electrons. The van der Waals surface area contributed by atoms with E-state index in [0.717, 1.165) is 5.56 Å². The van der Waals surface area contributed by atoms with Crippen molar-refractivity contribution < 1.29 is 19.1 Å². The van der Waals surface area contributed by atoms with Crippen LogP contribution in [-0.2, 0) is 16.1 Å². The van der Waals surface area contributed by atoms with Crippen LogP contribution in [0.2, 0.25) is 0 Å². The van der Waals surface area contributed by atoms with Crippen LogP contribution < -0.4 is 10.6 Å². The van der Waals surface area contributed by atoms with Crippen LogP contribution in [0.15, 0.2) is 97.6 Å². The number of hydrogen-bond donors (Lipinski definition) is 2. The van der Waals surface area contributed by atoms with Gasteiger partial charge >= 0.3 is 6.09 Å². The number of para-hydroxylation sites is 1. The van der Waals surface area contributed by atoms with Crippen molar-refractivity contribution in [2.75, 3.05) is 5.32 Å². The number of alkyl carbamates (subject to hydrolysis) is 1. The molecule has 3 aromatic carbocycles. The molecular formula is C25H22N2O4. The minimum atomic E-state index is -1.04. The minimum absolute atomic E-state index is 0.0760. The molecule has 0 aromatic heterocycles. The van der Waals surface area contributed by atoms with Crippen LogP contribution >= 0.6 is 0 Å². The van der Waals surface area contributed by atoms with Gasteiger partial charge in [-0.05, 0) is 17.7 Å². The van der Waals surface area contributed by atoms with Gasteiger partial charge in [-0.2, -0.15) is 0 Å². The molecule has 3 rings (SSSR count). The fraction of sp³-hybridized carbons (Fsp3) is 0.0800. The van der Waals surface area contributed by atoms with Gasteiger partial charge in [0, 0.05) is 11.1 Å². The number of hydrogen-bond acceptors (Lipinski definition) is 4. The molecule has 31 heavy (non-hydrogen) atoms. The number of carbonyl (C=O) groups excluding carboxylic acids is 3. The zero-order chi connectivity index (χ0) is 22.1. The second kappa shape index (κ2) is 10.5. The Morgan fingerprint density at radius 2 is 1.48 bits per heavy atom. The van der Waals surface area contributed by atoms with Gasteiger partial charge in [0.05, 0.1) is 5.69 Å². The highest BCUT2D eigenvalue weighted by atomic mass is 16.5. The predicted octanol–water partition coefficient (Wildman–Crippen LogP) is 4.34. The third kappa shape index (κ3) is 5.90. The molecule has 6 nitrogen and oxygen atoms in total. The fourth-order valence-electron chi connectivity index (χ4n) is 2.87. The molecule has 3 aromatic rings. The van der Waals surface area contributed by atoms with Crippen LogP contribution in [0.1, 0.15) is 21.5 Å². The van der Waals surface area contributed by atoms with E-state index in [1.165, 1.54) is 6.08 Å². The van der Waals surface area contributed by atoms with Crippen LogP contribution in [0.25, 0.3) is 0 Å². The van der Waals surface area contributed by atoms with E-state index in [4.69, 9.17) is 4.74 Å². The number of ether oxygens (including phenoxy) is 1. The van der Waals surface area contributed by atoms with E-state index in [1.807, 2.05) is 36.4 Å². The molecule has 0 spiro atoms. The van der Waals surface area contributed by atoms with E-state index in [1.54, 1.807) is 48.5 Å².